The lowest BCUT2D eigenvalue weighted by Gasteiger charge is -2.20. The molecule has 0 amide bonds. The van der Waals surface area contributed by atoms with Crippen molar-refractivity contribution in [3.63, 3.8) is 0 Å². The highest BCUT2D eigenvalue weighted by atomic mass is 16.5. The Bertz CT molecular complexity index is 276. The van der Waals surface area contributed by atoms with Crippen molar-refractivity contribution in [3.05, 3.63) is 23.9 Å². The normalized spacial score (nSPS) is 11.4. The first-order valence-corrected chi connectivity index (χ1v) is 4.65. The van der Waals surface area contributed by atoms with Gasteiger partial charge in [0.05, 0.1) is 0 Å². The van der Waals surface area contributed by atoms with Crippen molar-refractivity contribution in [1.82, 2.24) is 4.98 Å². The van der Waals surface area contributed by atoms with Gasteiger partial charge in [-0.2, -0.15) is 0 Å². The van der Waals surface area contributed by atoms with Crippen molar-refractivity contribution in [2.75, 3.05) is 0 Å². The molecule has 1 rings (SSSR count). The molecule has 1 heterocycles. The third-order valence-corrected chi connectivity index (χ3v) is 1.62. The average Bonchev–Trinajstić information content (AvgIpc) is 2.01. The number of nitrogens with zero attached hydrogens (tertiary/aromatic N) is 1. The second-order valence-corrected chi connectivity index (χ2v) is 4.07. The lowest BCUT2D eigenvalue weighted by Crippen LogP contribution is -2.23. The number of rotatable bonds is 2. The standard InChI is InChI=1S/C11H17NO/c1-5-9-6-7-12-10(8-9)13-11(2,3)4/h6-8H,5H2,1-4H3. The van der Waals surface area contributed by atoms with Crippen molar-refractivity contribution < 1.29 is 4.74 Å². The third-order valence-electron chi connectivity index (χ3n) is 1.62. The second-order valence-electron chi connectivity index (χ2n) is 4.07. The molecule has 0 bridgehead atoms. The molecule has 0 fully saturated rings. The Hall–Kier alpha value is -1.05. The van der Waals surface area contributed by atoms with Crippen LogP contribution in [0.5, 0.6) is 5.88 Å². The summed E-state index contributed by atoms with van der Waals surface area (Å²) >= 11 is 0. The van der Waals surface area contributed by atoms with Gasteiger partial charge in [-0.25, -0.2) is 4.98 Å². The Morgan fingerprint density at radius 1 is 1.38 bits per heavy atom. The highest BCUT2D eigenvalue weighted by molar-refractivity contribution is 5.20. The fourth-order valence-corrected chi connectivity index (χ4v) is 1.04. The maximum Gasteiger partial charge on any atom is 0.213 e. The van der Waals surface area contributed by atoms with Gasteiger partial charge in [-0.1, -0.05) is 6.92 Å². The molecule has 2 nitrogen and oxygen atoms in total. The van der Waals surface area contributed by atoms with Crippen LogP contribution >= 0.6 is 0 Å². The van der Waals surface area contributed by atoms with Crippen LogP contribution < -0.4 is 4.74 Å². The zero-order valence-corrected chi connectivity index (χ0v) is 8.79. The summed E-state index contributed by atoms with van der Waals surface area (Å²) in [4.78, 5) is 4.15. The van der Waals surface area contributed by atoms with Gasteiger partial charge in [0.25, 0.3) is 0 Å². The summed E-state index contributed by atoms with van der Waals surface area (Å²) in [6.07, 6.45) is 2.81. The molecule has 0 saturated heterocycles. The second kappa shape index (κ2) is 3.77. The van der Waals surface area contributed by atoms with Crippen LogP contribution in [0.25, 0.3) is 0 Å². The molecule has 0 unspecified atom stereocenters. The number of ether oxygens (including phenoxy) is 1. The van der Waals surface area contributed by atoms with E-state index in [2.05, 4.69) is 11.9 Å². The molecule has 72 valence electrons. The van der Waals surface area contributed by atoms with E-state index in [1.807, 2.05) is 32.9 Å². The molecule has 0 atom stereocenters. The minimum atomic E-state index is -0.167. The van der Waals surface area contributed by atoms with Crippen molar-refractivity contribution in [1.29, 1.82) is 0 Å². The molecule has 0 aliphatic rings. The molecule has 0 aliphatic heterocycles. The van der Waals surface area contributed by atoms with Crippen LogP contribution in [-0.2, 0) is 6.42 Å². The molecule has 0 spiro atoms. The quantitative estimate of drug-likeness (QED) is 0.696. The van der Waals surface area contributed by atoms with Gasteiger partial charge in [0, 0.05) is 12.3 Å². The minimum Gasteiger partial charge on any atom is -0.472 e. The summed E-state index contributed by atoms with van der Waals surface area (Å²) in [6, 6.07) is 4.00. The van der Waals surface area contributed by atoms with Crippen molar-refractivity contribution in [2.24, 2.45) is 0 Å². The van der Waals surface area contributed by atoms with Gasteiger partial charge < -0.3 is 4.74 Å². The smallest absolute Gasteiger partial charge is 0.213 e. The number of aromatic nitrogens is 1. The Labute approximate surface area is 80.0 Å². The third kappa shape index (κ3) is 3.45. The molecule has 2 heteroatoms. The summed E-state index contributed by atoms with van der Waals surface area (Å²) in [6.45, 7) is 8.18. The minimum absolute atomic E-state index is 0.167. The van der Waals surface area contributed by atoms with Gasteiger partial charge >= 0.3 is 0 Å². The van der Waals surface area contributed by atoms with E-state index in [0.717, 1.165) is 6.42 Å². The number of hydrogen-bond donors (Lipinski definition) is 0. The summed E-state index contributed by atoms with van der Waals surface area (Å²) in [7, 11) is 0. The van der Waals surface area contributed by atoms with Gasteiger partial charge in [-0.15, -0.1) is 0 Å². The zero-order valence-electron chi connectivity index (χ0n) is 8.79. The van der Waals surface area contributed by atoms with Gasteiger partial charge in [0.2, 0.25) is 5.88 Å². The van der Waals surface area contributed by atoms with Crippen molar-refractivity contribution in [2.45, 2.75) is 39.7 Å². The van der Waals surface area contributed by atoms with Crippen LogP contribution in [0, 0.1) is 0 Å². The Morgan fingerprint density at radius 3 is 2.62 bits per heavy atom. The molecule has 13 heavy (non-hydrogen) atoms. The topological polar surface area (TPSA) is 22.1 Å². The SMILES string of the molecule is CCc1ccnc(OC(C)(C)C)c1. The van der Waals surface area contributed by atoms with E-state index >= 15 is 0 Å². The van der Waals surface area contributed by atoms with Gasteiger partial charge in [-0.3, -0.25) is 0 Å². The molecule has 0 N–H and O–H groups in total. The number of pyridine rings is 1. The monoisotopic (exact) mass is 179 g/mol. The molecule has 0 aliphatic carbocycles. The maximum absolute atomic E-state index is 5.63. The Morgan fingerprint density at radius 2 is 2.08 bits per heavy atom. The summed E-state index contributed by atoms with van der Waals surface area (Å²) in [5, 5.41) is 0. The molecular formula is C11H17NO. The van der Waals surface area contributed by atoms with Gasteiger partial charge in [-0.05, 0) is 38.8 Å². The van der Waals surface area contributed by atoms with E-state index < -0.39 is 0 Å². The lowest BCUT2D eigenvalue weighted by atomic mass is 10.2. The fourth-order valence-electron chi connectivity index (χ4n) is 1.04. The molecule has 0 saturated carbocycles. The van der Waals surface area contributed by atoms with E-state index in [9.17, 15) is 0 Å². The van der Waals surface area contributed by atoms with Gasteiger partial charge in [0.1, 0.15) is 5.60 Å². The fraction of sp³-hybridized carbons (Fsp3) is 0.545. The summed E-state index contributed by atoms with van der Waals surface area (Å²) in [5.74, 6) is 0.715. The predicted molar refractivity (Wildman–Crippen MR) is 54.0 cm³/mol. The van der Waals surface area contributed by atoms with E-state index in [-0.39, 0.29) is 5.60 Å². The average molecular weight is 179 g/mol. The molecule has 0 aromatic carbocycles. The predicted octanol–water partition coefficient (Wildman–Crippen LogP) is 2.82. The van der Waals surface area contributed by atoms with Crippen LogP contribution in [0.1, 0.15) is 33.3 Å². The van der Waals surface area contributed by atoms with Crippen LogP contribution in [0.4, 0.5) is 0 Å². The zero-order chi connectivity index (χ0) is 9.90. The molecule has 1 aromatic heterocycles. The molecular weight excluding hydrogens is 162 g/mol. The first kappa shape index (κ1) is 10.0. The van der Waals surface area contributed by atoms with Crippen molar-refractivity contribution in [3.8, 4) is 5.88 Å². The first-order valence-electron chi connectivity index (χ1n) is 4.65. The van der Waals surface area contributed by atoms with Gasteiger partial charge in [0.15, 0.2) is 0 Å². The summed E-state index contributed by atoms with van der Waals surface area (Å²) in [5.41, 5.74) is 1.09. The highest BCUT2D eigenvalue weighted by Gasteiger charge is 2.12. The largest absolute Gasteiger partial charge is 0.472 e. The summed E-state index contributed by atoms with van der Waals surface area (Å²) < 4.78 is 5.63. The van der Waals surface area contributed by atoms with Crippen LogP contribution in [0.2, 0.25) is 0 Å². The van der Waals surface area contributed by atoms with E-state index in [4.69, 9.17) is 4.74 Å². The first-order chi connectivity index (χ1) is 6.01. The molecule has 0 radical (unpaired) electrons. The van der Waals surface area contributed by atoms with E-state index in [0.29, 0.717) is 5.88 Å². The van der Waals surface area contributed by atoms with Crippen LogP contribution in [-0.4, -0.2) is 10.6 Å². The molecule has 1 aromatic rings. The number of hydrogen-bond acceptors (Lipinski definition) is 2. The van der Waals surface area contributed by atoms with E-state index in [1.165, 1.54) is 5.56 Å². The van der Waals surface area contributed by atoms with Crippen LogP contribution in [0.3, 0.4) is 0 Å². The van der Waals surface area contributed by atoms with Crippen molar-refractivity contribution >= 4 is 0 Å². The number of aryl methyl sites for hydroxylation is 1. The maximum atomic E-state index is 5.63. The van der Waals surface area contributed by atoms with Crippen LogP contribution in [0.15, 0.2) is 18.3 Å². The Kier molecular flexibility index (Phi) is 2.91. The highest BCUT2D eigenvalue weighted by Crippen LogP contribution is 2.16. The lowest BCUT2D eigenvalue weighted by molar-refractivity contribution is 0.124. The van der Waals surface area contributed by atoms with E-state index in [1.54, 1.807) is 6.20 Å². The Balaban J connectivity index is 2.78.